The van der Waals surface area contributed by atoms with Gasteiger partial charge in [0.25, 0.3) is 0 Å². The van der Waals surface area contributed by atoms with Gasteiger partial charge in [-0.1, -0.05) is 36.4 Å². The number of fused-ring (bicyclic) bond motifs is 2. The van der Waals surface area contributed by atoms with Crippen LogP contribution in [-0.4, -0.2) is 161 Å². The zero-order valence-corrected chi connectivity index (χ0v) is 44.2. The number of nitrogen functional groups attached to an aromatic ring is 2. The van der Waals surface area contributed by atoms with Crippen LogP contribution in [0.5, 0.6) is 11.5 Å². The zero-order chi connectivity index (χ0) is 57.0. The lowest BCUT2D eigenvalue weighted by molar-refractivity contribution is -0.174. The van der Waals surface area contributed by atoms with Crippen LogP contribution >= 0.6 is 15.5 Å². The molecule has 4 aliphatic rings. The minimum Gasteiger partial charge on any atom is -0.456 e. The number of nitrogens with one attached hydrogen (secondary N) is 2. The Morgan fingerprint density at radius 3 is 1.38 bits per heavy atom. The fraction of sp³-hybridized carbons (Fsp3) is 0.417. The summed E-state index contributed by atoms with van der Waals surface area (Å²) >= 11 is 0. The van der Waals surface area contributed by atoms with E-state index in [9.17, 15) is 39.1 Å². The lowest BCUT2D eigenvalue weighted by Crippen LogP contribution is -2.45. The summed E-state index contributed by atoms with van der Waals surface area (Å²) in [5, 5.41) is 56.8. The molecule has 0 amide bonds. The first-order valence-electron chi connectivity index (χ1n) is 24.4. The summed E-state index contributed by atoms with van der Waals surface area (Å²) in [5.41, 5.74) is 8.81. The van der Waals surface area contributed by atoms with Crippen LogP contribution in [0.4, 0.5) is 11.6 Å². The summed E-state index contributed by atoms with van der Waals surface area (Å²) in [6.07, 6.45) is -7.62. The van der Waals surface area contributed by atoms with E-state index >= 15 is 0 Å². The Morgan fingerprint density at radius 1 is 0.662 bits per heavy atom. The van der Waals surface area contributed by atoms with Crippen LogP contribution in [0.15, 0.2) is 97.6 Å². The molecule has 80 heavy (non-hydrogen) atoms. The fourth-order valence-corrected chi connectivity index (χ4v) is 11.4. The van der Waals surface area contributed by atoms with E-state index in [2.05, 4.69) is 40.0 Å². The molecule has 10 N–H and O–H groups in total. The number of ether oxygens (including phenoxy) is 6. The molecule has 0 saturated carbocycles. The predicted octanol–water partition coefficient (Wildman–Crippen LogP) is 1.69. The van der Waals surface area contributed by atoms with Crippen LogP contribution in [0.2, 0.25) is 0 Å². The van der Waals surface area contributed by atoms with Crippen molar-refractivity contribution < 1.29 is 85.7 Å². The summed E-state index contributed by atoms with van der Waals surface area (Å²) in [7, 11) is -8.81. The number of hydrogen-bond donors (Lipinski definition) is 8. The standard InChI is InChI=1S/2C24H27N6O9P/c2*1-14(23(33)37-16-10-35-11-16)29-40(34,39-15-6-4-3-5-7-15)36-12-24(26-2)21(32)19(31)20(38-24)17-8-9-18-22(25)27-13-28-30(17)18/h2*3-9,13-14,16,19-21,31-32H,10-12H2,1H3,(H,29,34)(H2,25,27,28)/t14-,19-,20-,21-,24+,40+;14-,19-,20-,21-,24+,40-/m00/s1. The third-order valence-corrected chi connectivity index (χ3v) is 16.1. The van der Waals surface area contributed by atoms with Crippen LogP contribution in [0.3, 0.4) is 0 Å². The monoisotopic (exact) mass is 1150 g/mol. The van der Waals surface area contributed by atoms with Crippen molar-refractivity contribution in [3.63, 3.8) is 0 Å². The molecular formula is C48H54N12O18P2. The summed E-state index contributed by atoms with van der Waals surface area (Å²) < 4.78 is 85.1. The smallest absolute Gasteiger partial charge is 0.456 e. The van der Waals surface area contributed by atoms with Crippen molar-refractivity contribution in [2.45, 2.75) is 86.2 Å². The van der Waals surface area contributed by atoms with Crippen molar-refractivity contribution in [3.05, 3.63) is 132 Å². The van der Waals surface area contributed by atoms with Gasteiger partial charge in [-0.2, -0.15) is 20.4 Å². The Hall–Kier alpha value is -7.22. The second kappa shape index (κ2) is 23.9. The lowest BCUT2D eigenvalue weighted by Gasteiger charge is -2.28. The van der Waals surface area contributed by atoms with Crippen LogP contribution in [-0.2, 0) is 56.2 Å². The highest BCUT2D eigenvalue weighted by Crippen LogP contribution is 2.51. The number of benzene rings is 2. The van der Waals surface area contributed by atoms with Gasteiger partial charge in [0.05, 0.1) is 37.8 Å². The molecule has 0 bridgehead atoms. The molecule has 30 nitrogen and oxygen atoms in total. The van der Waals surface area contributed by atoms with Gasteiger partial charge >= 0.3 is 38.9 Å². The number of carbonyl (C=O) groups excluding carboxylic acids is 2. The number of hydrogen-bond acceptors (Lipinski definition) is 24. The molecule has 12 atom stereocenters. The topological polar surface area (TPSA) is 387 Å². The first-order chi connectivity index (χ1) is 38.3. The molecule has 0 unspecified atom stereocenters. The van der Waals surface area contributed by atoms with Gasteiger partial charge in [0.15, 0.2) is 37.1 Å². The van der Waals surface area contributed by atoms with E-state index in [1.165, 1.54) is 59.8 Å². The minimum atomic E-state index is -4.41. The summed E-state index contributed by atoms with van der Waals surface area (Å²) in [6, 6.07) is 20.1. The second-order valence-corrected chi connectivity index (χ2v) is 21.9. The lowest BCUT2D eigenvalue weighted by atomic mass is 10.0. The third-order valence-electron chi connectivity index (χ3n) is 12.8. The van der Waals surface area contributed by atoms with E-state index in [0.717, 1.165) is 0 Å². The number of carbonyl (C=O) groups is 2. The molecular weight excluding hydrogens is 1090 g/mol. The van der Waals surface area contributed by atoms with Gasteiger partial charge in [-0.15, -0.1) is 0 Å². The highest BCUT2D eigenvalue weighted by Gasteiger charge is 2.64. The molecule has 4 aliphatic heterocycles. The molecule has 10 rings (SSSR count). The zero-order valence-electron chi connectivity index (χ0n) is 42.4. The van der Waals surface area contributed by atoms with Crippen molar-refractivity contribution in [1.82, 2.24) is 39.4 Å². The molecule has 8 heterocycles. The summed E-state index contributed by atoms with van der Waals surface area (Å²) in [6.45, 7) is 17.8. The highest BCUT2D eigenvalue weighted by atomic mass is 31.2. The first-order valence-corrected chi connectivity index (χ1v) is 27.5. The Bertz CT molecular complexity index is 3140. The first kappa shape index (κ1) is 57.5. The summed E-state index contributed by atoms with van der Waals surface area (Å²) in [4.78, 5) is 39.7. The van der Waals surface area contributed by atoms with E-state index in [1.54, 1.807) is 60.7 Å². The number of esters is 2. The second-order valence-electron chi connectivity index (χ2n) is 18.5. The number of aliphatic hydroxyl groups is 4. The van der Waals surface area contributed by atoms with Gasteiger partial charge in [0.1, 0.15) is 83.9 Å². The molecule has 424 valence electrons. The molecule has 32 heteroatoms. The number of anilines is 2. The van der Waals surface area contributed by atoms with E-state index in [0.29, 0.717) is 22.4 Å². The Kier molecular flexibility index (Phi) is 17.1. The van der Waals surface area contributed by atoms with Crippen LogP contribution < -0.4 is 30.7 Å². The number of nitrogens with zero attached hydrogens (tertiary/aromatic N) is 8. The van der Waals surface area contributed by atoms with Gasteiger partial charge in [0.2, 0.25) is 0 Å². The molecule has 2 aromatic carbocycles. The fourth-order valence-electron chi connectivity index (χ4n) is 8.37. The normalized spacial score (nSPS) is 26.9. The van der Waals surface area contributed by atoms with Crippen LogP contribution in [0.25, 0.3) is 20.7 Å². The SMILES string of the molecule is [C-]#[N+][C@]1(CO[P@@](=O)(N[C@@H](C)C(=O)OC2COC2)Oc2ccccc2)O[C@@H](c2ccc3c(N)ncnn23)[C@H](O)[C@@H]1O.[C-]#[N+][C@]1(CO[P@](=O)(N[C@@H](C)C(=O)OC2COC2)Oc2ccccc2)O[C@@H](c2ccc3c(N)ncnn23)[C@H](O)[C@@H]1O. The molecule has 0 radical (unpaired) electrons. The quantitative estimate of drug-likeness (QED) is 0.0306. The Labute approximate surface area is 454 Å². The maximum atomic E-state index is 13.9. The summed E-state index contributed by atoms with van der Waals surface area (Å²) in [5.74, 6) is -0.796. The highest BCUT2D eigenvalue weighted by molar-refractivity contribution is 7.52. The largest absolute Gasteiger partial charge is 0.459 e. The van der Waals surface area contributed by atoms with Gasteiger partial charge in [-0.3, -0.25) is 37.8 Å². The van der Waals surface area contributed by atoms with Crippen molar-refractivity contribution >= 4 is 50.1 Å². The number of aromatic nitrogens is 6. The van der Waals surface area contributed by atoms with Gasteiger partial charge in [-0.05, 0) is 62.4 Å². The Morgan fingerprint density at radius 2 is 1.04 bits per heavy atom. The van der Waals surface area contributed by atoms with Crippen LogP contribution in [0, 0.1) is 13.1 Å². The average Bonchev–Trinajstić information content (AvgIpc) is 4.24. The van der Waals surface area contributed by atoms with E-state index in [-0.39, 0.29) is 49.6 Å². The average molecular weight is 1150 g/mol. The molecule has 4 aromatic heterocycles. The molecule has 6 aromatic rings. The number of para-hydroxylation sites is 2. The van der Waals surface area contributed by atoms with Crippen LogP contribution in [0.1, 0.15) is 37.4 Å². The van der Waals surface area contributed by atoms with Crippen molar-refractivity contribution in [1.29, 1.82) is 0 Å². The predicted molar refractivity (Wildman–Crippen MR) is 273 cm³/mol. The molecule has 4 saturated heterocycles. The molecule has 4 fully saturated rings. The number of aliphatic hydroxyl groups excluding tert-OH is 4. The third kappa shape index (κ3) is 12.1. The van der Waals surface area contributed by atoms with E-state index < -0.39 is 113 Å². The van der Waals surface area contributed by atoms with Crippen molar-refractivity contribution in [2.24, 2.45) is 0 Å². The van der Waals surface area contributed by atoms with Gasteiger partial charge in [0, 0.05) is 0 Å². The number of nitrogens with two attached hydrogens (primary N) is 2. The maximum Gasteiger partial charge on any atom is 0.459 e. The number of rotatable bonds is 20. The van der Waals surface area contributed by atoms with Crippen molar-refractivity contribution in [2.75, 3.05) is 51.1 Å². The van der Waals surface area contributed by atoms with Gasteiger partial charge in [-0.25, -0.2) is 41.3 Å². The Balaban J connectivity index is 0.000000194. The molecule has 0 spiro atoms. The van der Waals surface area contributed by atoms with E-state index in [1.807, 2.05) is 0 Å². The van der Waals surface area contributed by atoms with Gasteiger partial charge < -0.3 is 59.9 Å². The van der Waals surface area contributed by atoms with E-state index in [4.69, 9.17) is 71.1 Å². The maximum absolute atomic E-state index is 13.9. The molecule has 0 aliphatic carbocycles. The minimum absolute atomic E-state index is 0.144. The van der Waals surface area contributed by atoms with Crippen molar-refractivity contribution in [3.8, 4) is 11.5 Å².